The van der Waals surface area contributed by atoms with Gasteiger partial charge in [-0.1, -0.05) is 26.0 Å². The van der Waals surface area contributed by atoms with Crippen molar-refractivity contribution in [2.24, 2.45) is 0 Å². The van der Waals surface area contributed by atoms with E-state index in [2.05, 4.69) is 27.0 Å². The van der Waals surface area contributed by atoms with Crippen molar-refractivity contribution in [2.45, 2.75) is 38.8 Å². The van der Waals surface area contributed by atoms with E-state index in [0.29, 0.717) is 0 Å². The lowest BCUT2D eigenvalue weighted by atomic mass is 10.5. The minimum atomic E-state index is -2.07. The quantitative estimate of drug-likeness (QED) is 0.420. The van der Waals surface area contributed by atoms with Crippen LogP contribution in [0.5, 0.6) is 0 Å². The minimum Gasteiger partial charge on any atom is -0.394 e. The smallest absolute Gasteiger partial charge is 0.345 e. The maximum atomic E-state index is 5.94. The maximum Gasteiger partial charge on any atom is 0.345 e. The van der Waals surface area contributed by atoms with Crippen LogP contribution in [0.3, 0.4) is 0 Å². The molecule has 0 saturated carbocycles. The highest BCUT2D eigenvalue weighted by Crippen LogP contribution is 2.21. The highest BCUT2D eigenvalue weighted by molar-refractivity contribution is 6.68. The molecule has 3 heteroatoms. The molecule has 0 aliphatic heterocycles. The first-order chi connectivity index (χ1) is 7.24. The third kappa shape index (κ3) is 5.92. The summed E-state index contributed by atoms with van der Waals surface area (Å²) in [5.41, 5.74) is 0. The van der Waals surface area contributed by atoms with Gasteiger partial charge in [-0.15, -0.1) is 13.2 Å². The molecule has 0 aliphatic carbocycles. The molecule has 0 unspecified atom stereocenters. The summed E-state index contributed by atoms with van der Waals surface area (Å²) in [6, 6.07) is 1.69. The van der Waals surface area contributed by atoms with Crippen LogP contribution in [0.1, 0.15) is 26.7 Å². The highest BCUT2D eigenvalue weighted by atomic mass is 28.4. The van der Waals surface area contributed by atoms with E-state index in [1.807, 2.05) is 12.2 Å². The lowest BCUT2D eigenvalue weighted by Gasteiger charge is -2.28. The van der Waals surface area contributed by atoms with Crippen LogP contribution in [-0.4, -0.2) is 21.8 Å². The molecule has 15 heavy (non-hydrogen) atoms. The lowest BCUT2D eigenvalue weighted by Crippen LogP contribution is -2.41. The number of hydrogen-bond acceptors (Lipinski definition) is 2. The molecule has 0 radical (unpaired) electrons. The van der Waals surface area contributed by atoms with Gasteiger partial charge < -0.3 is 8.85 Å². The van der Waals surface area contributed by atoms with Crippen molar-refractivity contribution >= 4 is 8.56 Å². The summed E-state index contributed by atoms with van der Waals surface area (Å²) in [5.74, 6) is 0. The fourth-order valence-electron chi connectivity index (χ4n) is 1.38. The Labute approximate surface area is 95.2 Å². The van der Waals surface area contributed by atoms with Crippen molar-refractivity contribution in [1.82, 2.24) is 0 Å². The Morgan fingerprint density at radius 3 is 1.60 bits per heavy atom. The summed E-state index contributed by atoms with van der Waals surface area (Å²) < 4.78 is 11.9. The van der Waals surface area contributed by atoms with E-state index in [0.717, 1.165) is 38.1 Å². The molecular weight excluding hydrogens is 204 g/mol. The molecule has 0 fully saturated rings. The Kier molecular flexibility index (Phi) is 8.66. The van der Waals surface area contributed by atoms with Gasteiger partial charge in [-0.3, -0.25) is 0 Å². The van der Waals surface area contributed by atoms with Crippen LogP contribution < -0.4 is 0 Å². The van der Waals surface area contributed by atoms with Crippen molar-refractivity contribution in [1.29, 1.82) is 0 Å². The molecule has 88 valence electrons. The zero-order chi connectivity index (χ0) is 11.6. The predicted molar refractivity (Wildman–Crippen MR) is 68.2 cm³/mol. The zero-order valence-corrected chi connectivity index (χ0v) is 11.1. The van der Waals surface area contributed by atoms with Crippen LogP contribution in [0.2, 0.25) is 12.1 Å². The molecule has 0 heterocycles. The predicted octanol–water partition coefficient (Wildman–Crippen LogP) is 3.65. The molecule has 0 atom stereocenters. The molecule has 0 aromatic heterocycles. The number of allylic oxidation sites excluding steroid dienone is 2. The monoisotopic (exact) mass is 228 g/mol. The van der Waals surface area contributed by atoms with E-state index < -0.39 is 8.56 Å². The van der Waals surface area contributed by atoms with Crippen LogP contribution >= 0.6 is 0 Å². The van der Waals surface area contributed by atoms with Gasteiger partial charge in [-0.25, -0.2) is 0 Å². The first-order valence-electron chi connectivity index (χ1n) is 5.74. The second-order valence-corrected chi connectivity index (χ2v) is 6.81. The summed E-state index contributed by atoms with van der Waals surface area (Å²) in [7, 11) is -2.07. The van der Waals surface area contributed by atoms with Gasteiger partial charge in [0.05, 0.1) is 0 Å². The van der Waals surface area contributed by atoms with Crippen LogP contribution in [0, 0.1) is 0 Å². The second kappa shape index (κ2) is 8.89. The lowest BCUT2D eigenvalue weighted by molar-refractivity contribution is 0.172. The molecule has 2 nitrogen and oxygen atoms in total. The topological polar surface area (TPSA) is 18.5 Å². The summed E-state index contributed by atoms with van der Waals surface area (Å²) in [6.45, 7) is 13.3. The van der Waals surface area contributed by atoms with Crippen LogP contribution in [0.25, 0.3) is 0 Å². The van der Waals surface area contributed by atoms with Crippen LogP contribution in [-0.2, 0) is 8.85 Å². The third-order valence-electron chi connectivity index (χ3n) is 2.05. The van der Waals surface area contributed by atoms with Crippen molar-refractivity contribution in [3.8, 4) is 0 Å². The van der Waals surface area contributed by atoms with E-state index >= 15 is 0 Å². The second-order valence-electron chi connectivity index (χ2n) is 3.59. The molecule has 0 bridgehead atoms. The van der Waals surface area contributed by atoms with Gasteiger partial charge >= 0.3 is 8.56 Å². The van der Waals surface area contributed by atoms with Crippen molar-refractivity contribution in [3.63, 3.8) is 0 Å². The molecule has 0 amide bonds. The first kappa shape index (κ1) is 14.6. The Bertz CT molecular complexity index is 160. The molecule has 0 spiro atoms. The highest BCUT2D eigenvalue weighted by Gasteiger charge is 2.34. The minimum absolute atomic E-state index is 0.775. The van der Waals surface area contributed by atoms with Crippen molar-refractivity contribution in [3.05, 3.63) is 25.3 Å². The zero-order valence-electron chi connectivity index (χ0n) is 10.1. The molecule has 0 aliphatic rings. The first-order valence-corrected chi connectivity index (χ1v) is 7.97. The third-order valence-corrected chi connectivity index (χ3v) is 5.33. The summed E-state index contributed by atoms with van der Waals surface area (Å²) in [4.78, 5) is 0. The SMILES string of the molecule is C=CC[Si](CC=C)(OCCC)OCCC. The molecule has 0 aromatic carbocycles. The van der Waals surface area contributed by atoms with Crippen LogP contribution in [0.15, 0.2) is 25.3 Å². The van der Waals surface area contributed by atoms with E-state index in [4.69, 9.17) is 8.85 Å². The fourth-order valence-corrected chi connectivity index (χ4v) is 4.13. The number of rotatable bonds is 10. The summed E-state index contributed by atoms with van der Waals surface area (Å²) in [5, 5.41) is 0. The molecular formula is C12H24O2Si. The Morgan fingerprint density at radius 1 is 0.933 bits per heavy atom. The molecule has 0 N–H and O–H groups in total. The summed E-state index contributed by atoms with van der Waals surface area (Å²) >= 11 is 0. The van der Waals surface area contributed by atoms with Gasteiger partial charge in [0.25, 0.3) is 0 Å². The van der Waals surface area contributed by atoms with Gasteiger partial charge in [-0.05, 0) is 12.8 Å². The standard InChI is InChI=1S/C12H24O2Si/c1-5-9-13-15(11-7-3,12-8-4)14-10-6-2/h7-8H,3-6,9-12H2,1-2H3. The normalized spacial score (nSPS) is 11.3. The number of hydrogen-bond donors (Lipinski definition) is 0. The van der Waals surface area contributed by atoms with E-state index in [9.17, 15) is 0 Å². The molecule has 0 aromatic rings. The average molecular weight is 228 g/mol. The maximum absolute atomic E-state index is 5.94. The molecule has 0 saturated heterocycles. The molecule has 0 rings (SSSR count). The fraction of sp³-hybridized carbons (Fsp3) is 0.667. The Morgan fingerprint density at radius 2 is 1.33 bits per heavy atom. The van der Waals surface area contributed by atoms with Gasteiger partial charge in [0.15, 0.2) is 0 Å². The van der Waals surface area contributed by atoms with Gasteiger partial charge in [0, 0.05) is 25.3 Å². The van der Waals surface area contributed by atoms with Gasteiger partial charge in [0.1, 0.15) is 0 Å². The Hall–Kier alpha value is -0.383. The van der Waals surface area contributed by atoms with Gasteiger partial charge in [-0.2, -0.15) is 0 Å². The van der Waals surface area contributed by atoms with E-state index in [-0.39, 0.29) is 0 Å². The summed E-state index contributed by atoms with van der Waals surface area (Å²) in [6.07, 6.45) is 5.86. The van der Waals surface area contributed by atoms with E-state index in [1.165, 1.54) is 0 Å². The van der Waals surface area contributed by atoms with Gasteiger partial charge in [0.2, 0.25) is 0 Å². The van der Waals surface area contributed by atoms with Crippen molar-refractivity contribution in [2.75, 3.05) is 13.2 Å². The average Bonchev–Trinajstić information content (AvgIpc) is 2.24. The van der Waals surface area contributed by atoms with E-state index in [1.54, 1.807) is 0 Å². The Balaban J connectivity index is 4.38. The van der Waals surface area contributed by atoms with Crippen molar-refractivity contribution < 1.29 is 8.85 Å². The largest absolute Gasteiger partial charge is 0.394 e. The van der Waals surface area contributed by atoms with Crippen LogP contribution in [0.4, 0.5) is 0 Å².